The highest BCUT2D eigenvalue weighted by Gasteiger charge is 1.92. The first-order valence-corrected chi connectivity index (χ1v) is 4.85. The Balaban J connectivity index is 2.43. The Bertz CT molecular complexity index is 271. The maximum absolute atomic E-state index is 10.9. The fourth-order valence-corrected chi connectivity index (χ4v) is 1.24. The van der Waals surface area contributed by atoms with Crippen molar-refractivity contribution in [1.29, 1.82) is 0 Å². The molecule has 0 bridgehead atoms. The highest BCUT2D eigenvalue weighted by atomic mass is 32.2. The van der Waals surface area contributed by atoms with Crippen LogP contribution < -0.4 is 4.72 Å². The third-order valence-electron chi connectivity index (χ3n) is 1.41. The SMILES string of the molecule is C=CS(=O)NCc1ccccc1. The second-order valence-electron chi connectivity index (χ2n) is 2.27. The Morgan fingerprint density at radius 3 is 2.67 bits per heavy atom. The van der Waals surface area contributed by atoms with E-state index in [9.17, 15) is 4.21 Å². The summed E-state index contributed by atoms with van der Waals surface area (Å²) >= 11 is 0. The molecule has 0 heterocycles. The van der Waals surface area contributed by atoms with Gasteiger partial charge in [-0.3, -0.25) is 0 Å². The first-order valence-electron chi connectivity index (χ1n) is 3.63. The molecule has 0 aliphatic carbocycles. The molecule has 1 aromatic carbocycles. The highest BCUT2D eigenvalue weighted by molar-refractivity contribution is 7.85. The molecule has 0 fully saturated rings. The van der Waals surface area contributed by atoms with Gasteiger partial charge in [0, 0.05) is 12.0 Å². The van der Waals surface area contributed by atoms with Crippen LogP contribution in [0.2, 0.25) is 0 Å². The molecule has 0 aliphatic rings. The minimum atomic E-state index is -1.11. The van der Waals surface area contributed by atoms with E-state index in [1.54, 1.807) is 0 Å². The van der Waals surface area contributed by atoms with E-state index in [1.807, 2.05) is 30.3 Å². The van der Waals surface area contributed by atoms with Gasteiger partial charge in [0.1, 0.15) is 11.0 Å². The quantitative estimate of drug-likeness (QED) is 0.750. The van der Waals surface area contributed by atoms with E-state index >= 15 is 0 Å². The Labute approximate surface area is 74.9 Å². The molecule has 1 atom stereocenters. The van der Waals surface area contributed by atoms with Gasteiger partial charge in [-0.05, 0) is 5.56 Å². The van der Waals surface area contributed by atoms with E-state index in [2.05, 4.69) is 11.3 Å². The van der Waals surface area contributed by atoms with Crippen molar-refractivity contribution in [3.05, 3.63) is 47.9 Å². The third kappa shape index (κ3) is 2.98. The Morgan fingerprint density at radius 2 is 2.08 bits per heavy atom. The zero-order valence-electron chi connectivity index (χ0n) is 6.69. The third-order valence-corrected chi connectivity index (χ3v) is 2.14. The maximum atomic E-state index is 10.9. The summed E-state index contributed by atoms with van der Waals surface area (Å²) in [6.07, 6.45) is 0. The van der Waals surface area contributed by atoms with Crippen LogP contribution in [-0.4, -0.2) is 4.21 Å². The monoisotopic (exact) mass is 181 g/mol. The van der Waals surface area contributed by atoms with Crippen LogP contribution in [0, 0.1) is 0 Å². The normalized spacial score (nSPS) is 12.3. The van der Waals surface area contributed by atoms with Crippen molar-refractivity contribution in [2.45, 2.75) is 6.54 Å². The average molecular weight is 181 g/mol. The Morgan fingerprint density at radius 1 is 1.42 bits per heavy atom. The minimum Gasteiger partial charge on any atom is -0.238 e. The molecule has 1 unspecified atom stereocenters. The molecular formula is C9H11NOS. The molecule has 1 aromatic rings. The predicted octanol–water partition coefficient (Wildman–Crippen LogP) is 1.58. The van der Waals surface area contributed by atoms with Crippen molar-refractivity contribution in [3.63, 3.8) is 0 Å². The van der Waals surface area contributed by atoms with Crippen LogP contribution in [0.5, 0.6) is 0 Å². The molecule has 0 saturated carbocycles. The zero-order chi connectivity index (χ0) is 8.81. The standard InChI is InChI=1S/C9H11NOS/c1-2-12(11)10-8-9-6-4-3-5-7-9/h2-7,10H,1,8H2. The summed E-state index contributed by atoms with van der Waals surface area (Å²) in [6.45, 7) is 4.02. The van der Waals surface area contributed by atoms with Crippen LogP contribution in [0.25, 0.3) is 0 Å². The fourth-order valence-electron chi connectivity index (χ4n) is 0.809. The van der Waals surface area contributed by atoms with Crippen molar-refractivity contribution >= 4 is 11.0 Å². The molecule has 12 heavy (non-hydrogen) atoms. The molecule has 0 amide bonds. The van der Waals surface area contributed by atoms with Gasteiger partial charge >= 0.3 is 0 Å². The molecule has 64 valence electrons. The molecule has 0 radical (unpaired) electrons. The summed E-state index contributed by atoms with van der Waals surface area (Å²) in [5.41, 5.74) is 1.12. The van der Waals surface area contributed by atoms with Gasteiger partial charge in [-0.25, -0.2) is 8.93 Å². The first-order chi connectivity index (χ1) is 5.83. The minimum absolute atomic E-state index is 0.611. The van der Waals surface area contributed by atoms with Crippen LogP contribution >= 0.6 is 0 Å². The van der Waals surface area contributed by atoms with Crippen molar-refractivity contribution in [2.75, 3.05) is 0 Å². The second-order valence-corrected chi connectivity index (χ2v) is 3.49. The number of nitrogens with one attached hydrogen (secondary N) is 1. The molecule has 1 N–H and O–H groups in total. The lowest BCUT2D eigenvalue weighted by Crippen LogP contribution is -2.13. The Hall–Kier alpha value is -0.930. The molecular weight excluding hydrogens is 170 g/mol. The smallest absolute Gasteiger partial charge is 0.117 e. The number of hydrogen-bond donors (Lipinski definition) is 1. The van der Waals surface area contributed by atoms with Gasteiger partial charge in [-0.15, -0.1) is 0 Å². The summed E-state index contributed by atoms with van der Waals surface area (Å²) in [5, 5.41) is 1.38. The largest absolute Gasteiger partial charge is 0.238 e. The number of benzene rings is 1. The van der Waals surface area contributed by atoms with E-state index in [0.29, 0.717) is 6.54 Å². The molecule has 0 aromatic heterocycles. The summed E-state index contributed by atoms with van der Waals surface area (Å²) in [7, 11) is -1.11. The lowest BCUT2D eigenvalue weighted by atomic mass is 10.2. The summed E-state index contributed by atoms with van der Waals surface area (Å²) in [6, 6.07) is 9.82. The van der Waals surface area contributed by atoms with E-state index < -0.39 is 11.0 Å². The van der Waals surface area contributed by atoms with Gasteiger partial charge in [0.2, 0.25) is 0 Å². The van der Waals surface area contributed by atoms with Gasteiger partial charge in [-0.2, -0.15) is 0 Å². The lowest BCUT2D eigenvalue weighted by Gasteiger charge is -1.99. The van der Waals surface area contributed by atoms with Gasteiger partial charge in [0.15, 0.2) is 0 Å². The van der Waals surface area contributed by atoms with Crippen LogP contribution in [0.4, 0.5) is 0 Å². The summed E-state index contributed by atoms with van der Waals surface area (Å²) < 4.78 is 13.7. The summed E-state index contributed by atoms with van der Waals surface area (Å²) in [5.74, 6) is 0. The number of rotatable bonds is 4. The van der Waals surface area contributed by atoms with Crippen LogP contribution in [-0.2, 0) is 17.5 Å². The molecule has 1 rings (SSSR count). The van der Waals surface area contributed by atoms with Crippen molar-refractivity contribution in [1.82, 2.24) is 4.72 Å². The molecule has 2 nitrogen and oxygen atoms in total. The van der Waals surface area contributed by atoms with E-state index in [-0.39, 0.29) is 0 Å². The topological polar surface area (TPSA) is 29.1 Å². The Kier molecular flexibility index (Phi) is 3.70. The first kappa shape index (κ1) is 9.16. The molecule has 0 aliphatic heterocycles. The zero-order valence-corrected chi connectivity index (χ0v) is 7.51. The maximum Gasteiger partial charge on any atom is 0.117 e. The average Bonchev–Trinajstić information content (AvgIpc) is 2.16. The lowest BCUT2D eigenvalue weighted by molar-refractivity contribution is 0.678. The van der Waals surface area contributed by atoms with Crippen molar-refractivity contribution in [3.8, 4) is 0 Å². The van der Waals surface area contributed by atoms with E-state index in [1.165, 1.54) is 5.41 Å². The van der Waals surface area contributed by atoms with Gasteiger partial charge < -0.3 is 0 Å². The van der Waals surface area contributed by atoms with Crippen LogP contribution in [0.3, 0.4) is 0 Å². The van der Waals surface area contributed by atoms with Crippen molar-refractivity contribution in [2.24, 2.45) is 0 Å². The fraction of sp³-hybridized carbons (Fsp3) is 0.111. The summed E-state index contributed by atoms with van der Waals surface area (Å²) in [4.78, 5) is 0. The highest BCUT2D eigenvalue weighted by Crippen LogP contribution is 1.97. The molecule has 3 heteroatoms. The number of hydrogen-bond acceptors (Lipinski definition) is 1. The van der Waals surface area contributed by atoms with Gasteiger partial charge in [-0.1, -0.05) is 36.9 Å². The predicted molar refractivity (Wildman–Crippen MR) is 51.6 cm³/mol. The van der Waals surface area contributed by atoms with E-state index in [0.717, 1.165) is 5.56 Å². The van der Waals surface area contributed by atoms with Crippen LogP contribution in [0.15, 0.2) is 42.3 Å². The van der Waals surface area contributed by atoms with Gasteiger partial charge in [0.25, 0.3) is 0 Å². The second kappa shape index (κ2) is 4.85. The van der Waals surface area contributed by atoms with Crippen molar-refractivity contribution < 1.29 is 4.21 Å². The van der Waals surface area contributed by atoms with Crippen LogP contribution in [0.1, 0.15) is 5.56 Å². The molecule has 0 saturated heterocycles. The van der Waals surface area contributed by atoms with Gasteiger partial charge in [0.05, 0.1) is 0 Å². The molecule has 0 spiro atoms. The van der Waals surface area contributed by atoms with E-state index in [4.69, 9.17) is 0 Å².